The fourth-order valence-corrected chi connectivity index (χ4v) is 4.70. The van der Waals surface area contributed by atoms with E-state index in [1.807, 2.05) is 12.1 Å². The van der Waals surface area contributed by atoms with Crippen LogP contribution in [0.15, 0.2) is 51.0 Å². The average Bonchev–Trinajstić information content (AvgIpc) is 3.21. The molecule has 6 nitrogen and oxygen atoms in total. The number of nitrogens with one attached hydrogen (secondary N) is 1. The number of methoxy groups -OCH3 is 1. The van der Waals surface area contributed by atoms with Crippen LogP contribution in [0.25, 0.3) is 0 Å². The maximum absolute atomic E-state index is 13.2. The summed E-state index contributed by atoms with van der Waals surface area (Å²) in [5.41, 5.74) is 1.00. The molecule has 12 heteroatoms. The Kier molecular flexibility index (Phi) is 8.46. The van der Waals surface area contributed by atoms with Crippen LogP contribution < -0.4 is 10.3 Å². The number of hydrogen-bond donors (Lipinski definition) is 1. The molecule has 1 aromatic carbocycles. The summed E-state index contributed by atoms with van der Waals surface area (Å²) < 4.78 is 31.3. The maximum Gasteiger partial charge on any atom is 0.362 e. The summed E-state index contributed by atoms with van der Waals surface area (Å²) in [6.45, 7) is 2.77. The van der Waals surface area contributed by atoms with Gasteiger partial charge in [-0.05, 0) is 48.4 Å². The van der Waals surface area contributed by atoms with Crippen LogP contribution in [0, 0.1) is 6.92 Å². The van der Waals surface area contributed by atoms with E-state index in [4.69, 9.17) is 39.5 Å². The van der Waals surface area contributed by atoms with Gasteiger partial charge < -0.3 is 14.6 Å². The molecule has 0 bridgehead atoms. The summed E-state index contributed by atoms with van der Waals surface area (Å²) in [5.74, 6) is 0.603. The molecule has 0 atom stereocenters. The molecular formula is C22H18Cl3F2N3O3S. The molecule has 2 aromatic heterocycles. The highest BCUT2D eigenvalue weighted by molar-refractivity contribution is 7.99. The van der Waals surface area contributed by atoms with Crippen molar-refractivity contribution >= 4 is 53.0 Å². The second kappa shape index (κ2) is 10.9. The molecule has 0 saturated heterocycles. The van der Waals surface area contributed by atoms with E-state index in [2.05, 4.69) is 9.97 Å². The van der Waals surface area contributed by atoms with Gasteiger partial charge in [-0.25, -0.2) is 4.98 Å². The van der Waals surface area contributed by atoms with E-state index in [9.17, 15) is 18.4 Å². The molecule has 3 heterocycles. The van der Waals surface area contributed by atoms with Crippen LogP contribution >= 0.6 is 46.6 Å². The van der Waals surface area contributed by atoms with Crippen molar-refractivity contribution in [1.29, 1.82) is 0 Å². The van der Waals surface area contributed by atoms with Crippen LogP contribution in [-0.2, 0) is 23.3 Å². The molecule has 0 spiro atoms. The first kappa shape index (κ1) is 26.3. The third-order valence-corrected chi connectivity index (χ3v) is 7.14. The summed E-state index contributed by atoms with van der Waals surface area (Å²) >= 11 is 18.1. The van der Waals surface area contributed by atoms with Gasteiger partial charge in [0.05, 0.1) is 29.4 Å². The number of nitrogens with zero attached hydrogens (tertiary/aromatic N) is 2. The Morgan fingerprint density at radius 1 is 1.21 bits per heavy atom. The average molecular weight is 549 g/mol. The van der Waals surface area contributed by atoms with Crippen molar-refractivity contribution in [3.05, 3.63) is 79.3 Å². The fourth-order valence-electron chi connectivity index (χ4n) is 3.00. The largest absolute Gasteiger partial charge is 0.481 e. The molecule has 0 saturated carbocycles. The summed E-state index contributed by atoms with van der Waals surface area (Å²) in [6, 6.07) is 9.79. The number of alkyl halides is 3. The standard InChI is InChI=1S/C13H8Cl3F2NOS.C9H10N2O2/c1-6-9(5-10(13(16,17)18)19-12(6)20)21-11-7(14)3-2-4-8(11)15;1-13-9-3-2-7-4-11(6-12)5-8(7)10-9/h2-5H,1H3,(H,19,20);2-3,6H,4-5H2,1H3. The van der Waals surface area contributed by atoms with Gasteiger partial charge in [-0.1, -0.05) is 41.0 Å². The fraction of sp³-hybridized carbons (Fsp3) is 0.227. The van der Waals surface area contributed by atoms with Gasteiger partial charge in [0, 0.05) is 28.0 Å². The number of H-pyrrole nitrogens is 1. The molecule has 4 rings (SSSR count). The van der Waals surface area contributed by atoms with Crippen LogP contribution in [0.5, 0.6) is 5.88 Å². The number of benzene rings is 1. The van der Waals surface area contributed by atoms with Crippen molar-refractivity contribution in [3.8, 4) is 5.88 Å². The Labute approximate surface area is 213 Å². The topological polar surface area (TPSA) is 75.3 Å². The summed E-state index contributed by atoms with van der Waals surface area (Å²) in [5, 5.41) is -2.93. The molecule has 1 N–H and O–H groups in total. The Balaban J connectivity index is 0.000000212. The van der Waals surface area contributed by atoms with E-state index >= 15 is 0 Å². The number of aromatic amines is 1. The minimum absolute atomic E-state index is 0.278. The van der Waals surface area contributed by atoms with E-state index in [1.54, 1.807) is 30.2 Å². The minimum atomic E-state index is -3.66. The molecule has 180 valence electrons. The molecule has 1 aliphatic rings. The van der Waals surface area contributed by atoms with Crippen molar-refractivity contribution in [1.82, 2.24) is 14.9 Å². The smallest absolute Gasteiger partial charge is 0.362 e. The van der Waals surface area contributed by atoms with Gasteiger partial charge >= 0.3 is 5.38 Å². The number of halogens is 5. The predicted octanol–water partition coefficient (Wildman–Crippen LogP) is 5.99. The molecular weight excluding hydrogens is 531 g/mol. The first-order valence-corrected chi connectivity index (χ1v) is 11.6. The van der Waals surface area contributed by atoms with Gasteiger partial charge in [0.25, 0.3) is 5.56 Å². The number of carbonyl (C=O) groups excluding carboxylic acids is 1. The predicted molar refractivity (Wildman–Crippen MR) is 128 cm³/mol. The van der Waals surface area contributed by atoms with Crippen LogP contribution in [-0.4, -0.2) is 28.4 Å². The quantitative estimate of drug-likeness (QED) is 0.313. The lowest BCUT2D eigenvalue weighted by Crippen LogP contribution is -2.18. The molecule has 3 aromatic rings. The molecule has 0 fully saturated rings. The van der Waals surface area contributed by atoms with E-state index < -0.39 is 16.6 Å². The number of carbonyl (C=O) groups is 1. The number of aromatic nitrogens is 2. The van der Waals surface area contributed by atoms with Gasteiger partial charge in [-0.3, -0.25) is 9.59 Å². The zero-order valence-corrected chi connectivity index (χ0v) is 21.0. The highest BCUT2D eigenvalue weighted by Crippen LogP contribution is 2.40. The highest BCUT2D eigenvalue weighted by Gasteiger charge is 2.30. The molecule has 0 aliphatic carbocycles. The van der Waals surface area contributed by atoms with Gasteiger partial charge in [0.1, 0.15) is 5.69 Å². The van der Waals surface area contributed by atoms with E-state index in [1.165, 1.54) is 6.92 Å². The lowest BCUT2D eigenvalue weighted by Gasteiger charge is -2.12. The zero-order valence-electron chi connectivity index (χ0n) is 17.9. The van der Waals surface area contributed by atoms with Crippen molar-refractivity contribution in [2.75, 3.05) is 7.11 Å². The minimum Gasteiger partial charge on any atom is -0.481 e. The van der Waals surface area contributed by atoms with E-state index in [0.29, 0.717) is 38.8 Å². The van der Waals surface area contributed by atoms with Gasteiger partial charge in [-0.2, -0.15) is 8.78 Å². The van der Waals surface area contributed by atoms with Crippen LogP contribution in [0.1, 0.15) is 22.5 Å². The lowest BCUT2D eigenvalue weighted by molar-refractivity contribution is -0.118. The maximum atomic E-state index is 13.2. The highest BCUT2D eigenvalue weighted by atomic mass is 35.5. The van der Waals surface area contributed by atoms with Crippen LogP contribution in [0.4, 0.5) is 8.78 Å². The van der Waals surface area contributed by atoms with Crippen molar-refractivity contribution in [2.45, 2.75) is 35.2 Å². The number of hydrogen-bond acceptors (Lipinski definition) is 5. The molecule has 34 heavy (non-hydrogen) atoms. The molecule has 0 radical (unpaired) electrons. The second-order valence-corrected chi connectivity index (χ2v) is 9.46. The summed E-state index contributed by atoms with van der Waals surface area (Å²) in [6.07, 6.45) is 0.841. The Hall–Kier alpha value is -2.33. The first-order chi connectivity index (χ1) is 16.0. The normalized spacial score (nSPS) is 12.6. The van der Waals surface area contributed by atoms with Gasteiger partial charge in [0.2, 0.25) is 12.3 Å². The Morgan fingerprint density at radius 3 is 2.47 bits per heavy atom. The molecule has 1 aliphatic heterocycles. The number of pyridine rings is 2. The number of amides is 1. The van der Waals surface area contributed by atoms with Crippen molar-refractivity contribution in [2.24, 2.45) is 0 Å². The Morgan fingerprint density at radius 2 is 1.88 bits per heavy atom. The monoisotopic (exact) mass is 547 g/mol. The molecule has 0 unspecified atom stereocenters. The summed E-state index contributed by atoms with van der Waals surface area (Å²) in [4.78, 5) is 31.0. The van der Waals surface area contributed by atoms with E-state index in [0.717, 1.165) is 35.5 Å². The van der Waals surface area contributed by atoms with Crippen molar-refractivity contribution < 1.29 is 18.3 Å². The van der Waals surface area contributed by atoms with Gasteiger partial charge in [0.15, 0.2) is 0 Å². The summed E-state index contributed by atoms with van der Waals surface area (Å²) in [7, 11) is 1.58. The first-order valence-electron chi connectivity index (χ1n) is 9.68. The second-order valence-electron chi connectivity index (χ2n) is 7.12. The lowest BCUT2D eigenvalue weighted by atomic mass is 10.2. The molecule has 1 amide bonds. The number of fused-ring (bicyclic) bond motifs is 1. The number of rotatable bonds is 5. The SMILES string of the molecule is COc1ccc2c(n1)CN(C=O)C2.Cc1c(Sc2c(Cl)cccc2Cl)cc(C(F)(F)Cl)[nH]c1=O. The number of ether oxygens (including phenoxy) is 1. The zero-order chi connectivity index (χ0) is 25.0. The van der Waals surface area contributed by atoms with E-state index in [-0.39, 0.29) is 5.56 Å². The van der Waals surface area contributed by atoms with Gasteiger partial charge in [-0.15, -0.1) is 0 Å². The third kappa shape index (κ3) is 6.21. The van der Waals surface area contributed by atoms with Crippen LogP contribution in [0.3, 0.4) is 0 Å². The third-order valence-electron chi connectivity index (χ3n) is 4.80. The van der Waals surface area contributed by atoms with Crippen molar-refractivity contribution in [3.63, 3.8) is 0 Å². The Bertz CT molecular complexity index is 1250. The van der Waals surface area contributed by atoms with Crippen LogP contribution in [0.2, 0.25) is 10.0 Å².